The average Bonchev–Trinajstić information content (AvgIpc) is 2.95. The van der Waals surface area contributed by atoms with Gasteiger partial charge in [0.2, 0.25) is 0 Å². The first-order valence-corrected chi connectivity index (χ1v) is 12.8. The molecule has 2 bridgehead atoms. The minimum atomic E-state index is -3.87. The fraction of sp³-hybridized carbons (Fsp3) is 0.542. The van der Waals surface area contributed by atoms with Gasteiger partial charge in [0, 0.05) is 40.6 Å². The summed E-state index contributed by atoms with van der Waals surface area (Å²) in [6.45, 7) is 7.70. The molecule has 1 N–H and O–H groups in total. The lowest BCUT2D eigenvalue weighted by Crippen LogP contribution is -2.46. The van der Waals surface area contributed by atoms with Gasteiger partial charge in [-0.15, -0.1) is 0 Å². The lowest BCUT2D eigenvalue weighted by atomic mass is 9.96. The van der Waals surface area contributed by atoms with E-state index in [0.717, 1.165) is 42.1 Å². The van der Waals surface area contributed by atoms with Gasteiger partial charge in [0.15, 0.2) is 0 Å². The van der Waals surface area contributed by atoms with Gasteiger partial charge in [-0.25, -0.2) is 9.24 Å². The van der Waals surface area contributed by atoms with E-state index < -0.39 is 7.75 Å². The Morgan fingerprint density at radius 3 is 2.19 bits per heavy atom. The van der Waals surface area contributed by atoms with Crippen LogP contribution >= 0.6 is 7.75 Å². The summed E-state index contributed by atoms with van der Waals surface area (Å²) in [6.07, 6.45) is 3.34. The van der Waals surface area contributed by atoms with Crippen LogP contribution in [-0.4, -0.2) is 39.8 Å². The zero-order valence-corrected chi connectivity index (χ0v) is 19.6. The van der Waals surface area contributed by atoms with Crippen molar-refractivity contribution in [3.8, 4) is 6.07 Å². The number of hydrogen-bond acceptors (Lipinski definition) is 4. The Morgan fingerprint density at radius 2 is 1.65 bits per heavy atom. The second kappa shape index (κ2) is 8.56. The summed E-state index contributed by atoms with van der Waals surface area (Å²) in [5, 5.41) is 11.6. The fourth-order valence-electron chi connectivity index (χ4n) is 5.64. The van der Waals surface area contributed by atoms with E-state index in [4.69, 9.17) is 4.52 Å². The predicted octanol–water partition coefficient (Wildman–Crippen LogP) is 5.45. The Morgan fingerprint density at radius 1 is 1.06 bits per heavy atom. The van der Waals surface area contributed by atoms with Crippen LogP contribution in [0, 0.1) is 11.3 Å². The van der Waals surface area contributed by atoms with Crippen LogP contribution in [0.4, 0.5) is 5.69 Å². The van der Waals surface area contributed by atoms with E-state index in [1.807, 2.05) is 52.0 Å². The van der Waals surface area contributed by atoms with Crippen LogP contribution in [0.3, 0.4) is 0 Å². The molecule has 166 valence electrons. The van der Waals surface area contributed by atoms with Gasteiger partial charge in [-0.2, -0.15) is 5.26 Å². The highest BCUT2D eigenvalue weighted by atomic mass is 31.2. The first-order valence-electron chi connectivity index (χ1n) is 11.2. The van der Waals surface area contributed by atoms with Gasteiger partial charge < -0.3 is 9.79 Å². The summed E-state index contributed by atoms with van der Waals surface area (Å²) in [7, 11) is -3.87. The molecular weight excluding hydrogens is 409 g/mol. The van der Waals surface area contributed by atoms with Crippen molar-refractivity contribution in [3.63, 3.8) is 0 Å². The van der Waals surface area contributed by atoms with Crippen molar-refractivity contribution in [2.75, 3.05) is 4.90 Å². The van der Waals surface area contributed by atoms with Crippen molar-refractivity contribution in [1.29, 1.82) is 5.26 Å². The van der Waals surface area contributed by atoms with Crippen molar-refractivity contribution < 1.29 is 14.0 Å². The lowest BCUT2D eigenvalue weighted by molar-refractivity contribution is 0.0941. The Balaban J connectivity index is 1.58. The van der Waals surface area contributed by atoms with E-state index >= 15 is 0 Å². The molecule has 2 aromatic carbocycles. The molecule has 6 nitrogen and oxygen atoms in total. The Kier molecular flexibility index (Phi) is 6.16. The molecule has 2 unspecified atom stereocenters. The standard InChI is InChI=1S/C24H32N3O3P/c1-16(2)27(17(3)4)31(28,29)30-21-13-19-10-11-20(14-21)26(19)24-12-9-18(15-25)22-7-5-6-8-23(22)24/h5-9,12,16-17,19-21H,10-11,13-14H2,1-4H3,(H,28,29)/t19-,20+,21?. The third-order valence-corrected chi connectivity index (χ3v) is 8.71. The first-order chi connectivity index (χ1) is 14.7. The molecule has 2 aliphatic rings. The Labute approximate surface area is 185 Å². The summed E-state index contributed by atoms with van der Waals surface area (Å²) in [5.41, 5.74) is 1.84. The van der Waals surface area contributed by atoms with E-state index in [9.17, 15) is 14.7 Å². The summed E-state index contributed by atoms with van der Waals surface area (Å²) in [6, 6.07) is 14.7. The minimum Gasteiger partial charge on any atom is -0.365 e. The number of fused-ring (bicyclic) bond motifs is 3. The number of rotatable bonds is 6. The largest absolute Gasteiger partial charge is 0.406 e. The molecule has 7 heteroatoms. The zero-order chi connectivity index (χ0) is 22.3. The number of benzene rings is 2. The quantitative estimate of drug-likeness (QED) is 0.601. The van der Waals surface area contributed by atoms with E-state index in [1.54, 1.807) is 4.67 Å². The molecular formula is C24H32N3O3P. The normalized spacial score (nSPS) is 25.4. The Bertz CT molecular complexity index is 1030. The monoisotopic (exact) mass is 441 g/mol. The van der Waals surface area contributed by atoms with Crippen LogP contribution in [0.1, 0.15) is 58.9 Å². The maximum atomic E-state index is 13.1. The molecule has 4 atom stereocenters. The maximum absolute atomic E-state index is 13.1. The average molecular weight is 442 g/mol. The smallest absolute Gasteiger partial charge is 0.365 e. The van der Waals surface area contributed by atoms with E-state index in [2.05, 4.69) is 23.1 Å². The van der Waals surface area contributed by atoms with Crippen LogP contribution in [0.25, 0.3) is 10.8 Å². The third kappa shape index (κ3) is 4.13. The highest BCUT2D eigenvalue weighted by molar-refractivity contribution is 7.50. The first kappa shape index (κ1) is 22.3. The molecule has 0 aromatic heterocycles. The van der Waals surface area contributed by atoms with Gasteiger partial charge in [-0.3, -0.25) is 4.52 Å². The van der Waals surface area contributed by atoms with Crippen LogP contribution < -0.4 is 4.90 Å². The Hall–Kier alpha value is -1.90. The topological polar surface area (TPSA) is 76.8 Å². The van der Waals surface area contributed by atoms with Gasteiger partial charge >= 0.3 is 7.75 Å². The predicted molar refractivity (Wildman–Crippen MR) is 124 cm³/mol. The van der Waals surface area contributed by atoms with Crippen LogP contribution in [0.2, 0.25) is 0 Å². The number of nitrogens with zero attached hydrogens (tertiary/aromatic N) is 3. The summed E-state index contributed by atoms with van der Waals surface area (Å²) in [5.74, 6) is 0. The molecule has 2 aliphatic heterocycles. The van der Waals surface area contributed by atoms with Crippen molar-refractivity contribution in [3.05, 3.63) is 42.0 Å². The van der Waals surface area contributed by atoms with Gasteiger partial charge in [-0.05, 0) is 65.5 Å². The summed E-state index contributed by atoms with van der Waals surface area (Å²) in [4.78, 5) is 13.2. The lowest BCUT2D eigenvalue weighted by Gasteiger charge is -2.42. The van der Waals surface area contributed by atoms with Gasteiger partial charge in [0.25, 0.3) is 0 Å². The highest BCUT2D eigenvalue weighted by Gasteiger charge is 2.45. The number of nitriles is 1. The van der Waals surface area contributed by atoms with E-state index in [0.29, 0.717) is 5.56 Å². The molecule has 2 heterocycles. The van der Waals surface area contributed by atoms with Crippen molar-refractivity contribution in [2.45, 2.75) is 83.6 Å². The van der Waals surface area contributed by atoms with Crippen LogP contribution in [-0.2, 0) is 9.09 Å². The van der Waals surface area contributed by atoms with E-state index in [-0.39, 0.29) is 30.3 Å². The number of anilines is 1. The van der Waals surface area contributed by atoms with E-state index in [1.165, 1.54) is 0 Å². The molecule has 0 saturated carbocycles. The molecule has 0 aliphatic carbocycles. The molecule has 4 rings (SSSR count). The van der Waals surface area contributed by atoms with Crippen molar-refractivity contribution in [2.24, 2.45) is 0 Å². The minimum absolute atomic E-state index is 0.0716. The SMILES string of the molecule is CC(C)N(C(C)C)P(=O)(O)OC1C[C@H]2CC[C@@H](C1)N2c1ccc(C#N)c2ccccc12. The van der Waals surface area contributed by atoms with Crippen molar-refractivity contribution in [1.82, 2.24) is 4.67 Å². The van der Waals surface area contributed by atoms with Gasteiger partial charge in [0.1, 0.15) is 0 Å². The molecule has 0 amide bonds. The second-order valence-electron chi connectivity index (χ2n) is 9.34. The molecule has 2 fully saturated rings. The summed E-state index contributed by atoms with van der Waals surface area (Å²) < 4.78 is 20.6. The zero-order valence-electron chi connectivity index (χ0n) is 18.7. The van der Waals surface area contributed by atoms with Crippen LogP contribution in [0.5, 0.6) is 0 Å². The molecule has 2 aromatic rings. The van der Waals surface area contributed by atoms with Crippen molar-refractivity contribution >= 4 is 24.2 Å². The third-order valence-electron chi connectivity index (χ3n) is 6.63. The fourth-order valence-corrected chi connectivity index (χ4v) is 7.48. The maximum Gasteiger partial charge on any atom is 0.406 e. The summed E-state index contributed by atoms with van der Waals surface area (Å²) >= 11 is 0. The van der Waals surface area contributed by atoms with Crippen LogP contribution in [0.15, 0.2) is 36.4 Å². The van der Waals surface area contributed by atoms with Gasteiger partial charge in [-0.1, -0.05) is 24.3 Å². The molecule has 31 heavy (non-hydrogen) atoms. The molecule has 2 saturated heterocycles. The molecule has 0 radical (unpaired) electrons. The molecule has 0 spiro atoms. The highest BCUT2D eigenvalue weighted by Crippen LogP contribution is 2.53. The second-order valence-corrected chi connectivity index (χ2v) is 11.0. The number of piperidine rings is 1. The number of hydrogen-bond donors (Lipinski definition) is 1. The van der Waals surface area contributed by atoms with Gasteiger partial charge in [0.05, 0.1) is 17.7 Å².